The van der Waals surface area contributed by atoms with Gasteiger partial charge in [0.25, 0.3) is 0 Å². The SMILES string of the molecule is COc1ccc2c(ccn2CC(=O)NCc2ccccc2OCC(C)C)c1. The quantitative estimate of drug-likeness (QED) is 0.656. The van der Waals surface area contributed by atoms with Gasteiger partial charge >= 0.3 is 0 Å². The fourth-order valence-electron chi connectivity index (χ4n) is 2.89. The number of fused-ring (bicyclic) bond motifs is 1. The molecule has 5 heteroatoms. The Balaban J connectivity index is 1.62. The molecule has 0 aliphatic rings. The third-order valence-electron chi connectivity index (χ3n) is 4.31. The molecule has 0 aliphatic heterocycles. The third-order valence-corrected chi connectivity index (χ3v) is 4.31. The predicted molar refractivity (Wildman–Crippen MR) is 107 cm³/mol. The van der Waals surface area contributed by atoms with E-state index in [4.69, 9.17) is 9.47 Å². The number of hydrogen-bond donors (Lipinski definition) is 1. The summed E-state index contributed by atoms with van der Waals surface area (Å²) < 4.78 is 13.0. The highest BCUT2D eigenvalue weighted by Gasteiger charge is 2.09. The predicted octanol–water partition coefficient (Wildman–Crippen LogP) is 4.00. The Morgan fingerprint density at radius 3 is 2.74 bits per heavy atom. The molecule has 1 N–H and O–H groups in total. The fourth-order valence-corrected chi connectivity index (χ4v) is 2.89. The lowest BCUT2D eigenvalue weighted by Crippen LogP contribution is -2.27. The minimum atomic E-state index is -0.0398. The zero-order valence-corrected chi connectivity index (χ0v) is 16.1. The second kappa shape index (κ2) is 8.62. The van der Waals surface area contributed by atoms with Gasteiger partial charge in [0.1, 0.15) is 18.0 Å². The van der Waals surface area contributed by atoms with Crippen molar-refractivity contribution >= 4 is 16.8 Å². The number of para-hydroxylation sites is 1. The molecule has 0 saturated heterocycles. The number of ether oxygens (including phenoxy) is 2. The van der Waals surface area contributed by atoms with Crippen LogP contribution in [-0.4, -0.2) is 24.2 Å². The first-order chi connectivity index (χ1) is 13.1. The van der Waals surface area contributed by atoms with E-state index in [1.165, 1.54) is 0 Å². The van der Waals surface area contributed by atoms with E-state index >= 15 is 0 Å². The molecule has 0 radical (unpaired) electrons. The van der Waals surface area contributed by atoms with Crippen molar-refractivity contribution in [3.8, 4) is 11.5 Å². The summed E-state index contributed by atoms with van der Waals surface area (Å²) in [6.45, 7) is 5.59. The Labute approximate surface area is 159 Å². The Morgan fingerprint density at radius 2 is 1.96 bits per heavy atom. The van der Waals surface area contributed by atoms with Crippen LogP contribution in [0.4, 0.5) is 0 Å². The van der Waals surface area contributed by atoms with E-state index in [1.807, 2.05) is 59.3 Å². The molecule has 0 aliphatic carbocycles. The van der Waals surface area contributed by atoms with Gasteiger partial charge < -0.3 is 19.4 Å². The molecular weight excluding hydrogens is 340 g/mol. The molecule has 1 heterocycles. The van der Waals surface area contributed by atoms with E-state index < -0.39 is 0 Å². The van der Waals surface area contributed by atoms with Crippen molar-refractivity contribution in [1.82, 2.24) is 9.88 Å². The maximum Gasteiger partial charge on any atom is 0.240 e. The van der Waals surface area contributed by atoms with Gasteiger partial charge in [0.05, 0.1) is 13.7 Å². The van der Waals surface area contributed by atoms with Crippen molar-refractivity contribution in [2.24, 2.45) is 5.92 Å². The maximum atomic E-state index is 12.4. The van der Waals surface area contributed by atoms with Gasteiger partial charge in [-0.1, -0.05) is 32.0 Å². The molecule has 0 spiro atoms. The lowest BCUT2D eigenvalue weighted by molar-refractivity contribution is -0.121. The van der Waals surface area contributed by atoms with Crippen LogP contribution in [0.1, 0.15) is 19.4 Å². The van der Waals surface area contributed by atoms with Crippen molar-refractivity contribution in [2.45, 2.75) is 26.9 Å². The van der Waals surface area contributed by atoms with Gasteiger partial charge in [-0.05, 0) is 36.2 Å². The molecule has 1 aromatic heterocycles. The topological polar surface area (TPSA) is 52.5 Å². The molecule has 27 heavy (non-hydrogen) atoms. The molecule has 0 atom stereocenters. The number of nitrogens with one attached hydrogen (secondary N) is 1. The largest absolute Gasteiger partial charge is 0.497 e. The second-order valence-corrected chi connectivity index (χ2v) is 6.96. The molecule has 1 amide bonds. The molecule has 0 bridgehead atoms. The van der Waals surface area contributed by atoms with Gasteiger partial charge in [0, 0.05) is 29.2 Å². The van der Waals surface area contributed by atoms with Crippen LogP contribution >= 0.6 is 0 Å². The van der Waals surface area contributed by atoms with Gasteiger partial charge in [-0.3, -0.25) is 4.79 Å². The van der Waals surface area contributed by atoms with Crippen molar-refractivity contribution in [3.63, 3.8) is 0 Å². The summed E-state index contributed by atoms with van der Waals surface area (Å²) in [5.41, 5.74) is 1.99. The lowest BCUT2D eigenvalue weighted by Gasteiger charge is -2.14. The minimum absolute atomic E-state index is 0.0398. The minimum Gasteiger partial charge on any atom is -0.497 e. The monoisotopic (exact) mass is 366 g/mol. The number of nitrogens with zero attached hydrogens (tertiary/aromatic N) is 1. The number of carbonyl (C=O) groups is 1. The van der Waals surface area contributed by atoms with E-state index in [9.17, 15) is 4.79 Å². The molecule has 0 fully saturated rings. The summed E-state index contributed by atoms with van der Waals surface area (Å²) in [5, 5.41) is 4.04. The summed E-state index contributed by atoms with van der Waals surface area (Å²) in [6, 6.07) is 15.6. The normalized spacial score (nSPS) is 11.0. The zero-order valence-electron chi connectivity index (χ0n) is 16.1. The summed E-state index contributed by atoms with van der Waals surface area (Å²) in [5.74, 6) is 2.04. The van der Waals surface area contributed by atoms with Crippen molar-refractivity contribution in [2.75, 3.05) is 13.7 Å². The van der Waals surface area contributed by atoms with Gasteiger partial charge in [0.2, 0.25) is 5.91 Å². The van der Waals surface area contributed by atoms with Crippen molar-refractivity contribution in [3.05, 3.63) is 60.3 Å². The first-order valence-electron chi connectivity index (χ1n) is 9.17. The average Bonchev–Trinajstić information content (AvgIpc) is 3.07. The Kier molecular flexibility index (Phi) is 6.01. The molecule has 2 aromatic carbocycles. The van der Waals surface area contributed by atoms with E-state index in [2.05, 4.69) is 19.2 Å². The van der Waals surface area contributed by atoms with E-state index in [0.29, 0.717) is 19.1 Å². The van der Waals surface area contributed by atoms with E-state index in [-0.39, 0.29) is 12.5 Å². The number of aromatic nitrogens is 1. The third kappa shape index (κ3) is 4.82. The highest BCUT2D eigenvalue weighted by atomic mass is 16.5. The van der Waals surface area contributed by atoms with Crippen molar-refractivity contribution in [1.29, 1.82) is 0 Å². The summed E-state index contributed by atoms with van der Waals surface area (Å²) in [4.78, 5) is 12.4. The van der Waals surface area contributed by atoms with Crippen LogP contribution < -0.4 is 14.8 Å². The zero-order chi connectivity index (χ0) is 19.2. The maximum absolute atomic E-state index is 12.4. The van der Waals surface area contributed by atoms with Crippen LogP contribution in [-0.2, 0) is 17.9 Å². The van der Waals surface area contributed by atoms with Crippen LogP contribution in [0.3, 0.4) is 0 Å². The summed E-state index contributed by atoms with van der Waals surface area (Å²) in [7, 11) is 1.65. The van der Waals surface area contributed by atoms with E-state index in [0.717, 1.165) is 28.0 Å². The molecule has 142 valence electrons. The highest BCUT2D eigenvalue weighted by molar-refractivity contribution is 5.84. The Bertz CT molecular complexity index is 915. The second-order valence-electron chi connectivity index (χ2n) is 6.96. The van der Waals surface area contributed by atoms with Gasteiger partial charge in [-0.15, -0.1) is 0 Å². The van der Waals surface area contributed by atoms with Gasteiger partial charge in [0.15, 0.2) is 0 Å². The fraction of sp³-hybridized carbons (Fsp3) is 0.318. The van der Waals surface area contributed by atoms with Crippen LogP contribution in [0.2, 0.25) is 0 Å². The first kappa shape index (κ1) is 18.8. The number of hydrogen-bond acceptors (Lipinski definition) is 3. The average molecular weight is 366 g/mol. The molecule has 0 saturated carbocycles. The Morgan fingerprint density at radius 1 is 1.15 bits per heavy atom. The van der Waals surface area contributed by atoms with Crippen molar-refractivity contribution < 1.29 is 14.3 Å². The summed E-state index contributed by atoms with van der Waals surface area (Å²) in [6.07, 6.45) is 1.92. The number of methoxy groups -OCH3 is 1. The molecular formula is C22H26N2O3. The van der Waals surface area contributed by atoms with Crippen LogP contribution in [0.5, 0.6) is 11.5 Å². The number of benzene rings is 2. The Hall–Kier alpha value is -2.95. The number of rotatable bonds is 8. The number of carbonyl (C=O) groups excluding carboxylic acids is 1. The number of amides is 1. The van der Waals surface area contributed by atoms with Crippen LogP contribution in [0.25, 0.3) is 10.9 Å². The van der Waals surface area contributed by atoms with Gasteiger partial charge in [-0.25, -0.2) is 0 Å². The molecule has 5 nitrogen and oxygen atoms in total. The van der Waals surface area contributed by atoms with Gasteiger partial charge in [-0.2, -0.15) is 0 Å². The smallest absolute Gasteiger partial charge is 0.240 e. The van der Waals surface area contributed by atoms with E-state index in [1.54, 1.807) is 7.11 Å². The standard InChI is InChI=1S/C22H26N2O3/c1-16(2)15-27-21-7-5-4-6-18(21)13-23-22(25)14-24-11-10-17-12-19(26-3)8-9-20(17)24/h4-12,16H,13-15H2,1-3H3,(H,23,25). The lowest BCUT2D eigenvalue weighted by atomic mass is 10.2. The molecule has 3 rings (SSSR count). The highest BCUT2D eigenvalue weighted by Crippen LogP contribution is 2.22. The first-order valence-corrected chi connectivity index (χ1v) is 9.17. The molecule has 0 unspecified atom stereocenters. The van der Waals surface area contributed by atoms with Crippen LogP contribution in [0.15, 0.2) is 54.7 Å². The van der Waals surface area contributed by atoms with Crippen LogP contribution in [0, 0.1) is 5.92 Å². The summed E-state index contributed by atoms with van der Waals surface area (Å²) >= 11 is 0. The molecule has 3 aromatic rings.